The Bertz CT molecular complexity index is 1100. The Hall–Kier alpha value is -1.81. The topological polar surface area (TPSA) is 86.8 Å². The number of carbonyl (C=O) groups is 2. The third-order valence-corrected chi connectivity index (χ3v) is 7.33. The summed E-state index contributed by atoms with van der Waals surface area (Å²) in [4.78, 5) is 27.4. The number of amides is 2. The van der Waals surface area contributed by atoms with Gasteiger partial charge in [-0.05, 0) is 43.2 Å². The van der Waals surface area contributed by atoms with Crippen molar-refractivity contribution in [1.29, 1.82) is 0 Å². The van der Waals surface area contributed by atoms with Gasteiger partial charge in [0.2, 0.25) is 21.8 Å². The van der Waals surface area contributed by atoms with Gasteiger partial charge >= 0.3 is 0 Å². The van der Waals surface area contributed by atoms with Crippen molar-refractivity contribution in [2.45, 2.75) is 32.9 Å². The van der Waals surface area contributed by atoms with E-state index in [0.29, 0.717) is 6.54 Å². The third kappa shape index (κ3) is 7.60. The molecule has 0 saturated heterocycles. The second-order valence-electron chi connectivity index (χ2n) is 7.46. The molecule has 2 aromatic carbocycles. The van der Waals surface area contributed by atoms with Crippen LogP contribution >= 0.6 is 39.1 Å². The second kappa shape index (κ2) is 12.1. The van der Waals surface area contributed by atoms with Gasteiger partial charge in [0.05, 0.1) is 22.0 Å². The third-order valence-electron chi connectivity index (χ3n) is 4.86. The minimum absolute atomic E-state index is 0.0191. The smallest absolute Gasteiger partial charge is 0.244 e. The summed E-state index contributed by atoms with van der Waals surface area (Å²) in [6.07, 6.45) is 1.72. The van der Waals surface area contributed by atoms with Gasteiger partial charge in [-0.15, -0.1) is 0 Å². The quantitative estimate of drug-likeness (QED) is 0.451. The molecule has 2 aromatic rings. The molecule has 0 bridgehead atoms. The van der Waals surface area contributed by atoms with Gasteiger partial charge in [-0.1, -0.05) is 64.3 Å². The van der Waals surface area contributed by atoms with Gasteiger partial charge < -0.3 is 10.2 Å². The van der Waals surface area contributed by atoms with Crippen molar-refractivity contribution in [3.05, 3.63) is 62.5 Å². The van der Waals surface area contributed by atoms with Gasteiger partial charge in [-0.25, -0.2) is 8.42 Å². The number of nitrogens with zero attached hydrogens (tertiary/aromatic N) is 2. The molecule has 180 valence electrons. The molecule has 0 aliphatic carbocycles. The predicted molar refractivity (Wildman–Crippen MR) is 136 cm³/mol. The maximum Gasteiger partial charge on any atom is 0.244 e. The number of hydrogen-bond acceptors (Lipinski definition) is 4. The molecule has 1 unspecified atom stereocenters. The highest BCUT2D eigenvalue weighted by Gasteiger charge is 2.31. The molecular formula is C22H26BrCl2N3O4S. The maximum atomic E-state index is 13.4. The summed E-state index contributed by atoms with van der Waals surface area (Å²) in [5.74, 6) is -0.882. The number of rotatable bonds is 10. The fourth-order valence-electron chi connectivity index (χ4n) is 3.04. The van der Waals surface area contributed by atoms with E-state index in [9.17, 15) is 18.0 Å². The summed E-state index contributed by atoms with van der Waals surface area (Å²) in [5, 5.41) is 2.96. The number of halogens is 3. The highest BCUT2D eigenvalue weighted by molar-refractivity contribution is 9.10. The zero-order chi connectivity index (χ0) is 24.8. The molecule has 0 saturated carbocycles. The molecule has 2 amide bonds. The van der Waals surface area contributed by atoms with E-state index in [-0.39, 0.29) is 28.2 Å². The lowest BCUT2D eigenvalue weighted by molar-refractivity contribution is -0.139. The normalized spacial score (nSPS) is 12.2. The number of benzene rings is 2. The predicted octanol–water partition coefficient (Wildman–Crippen LogP) is 4.47. The summed E-state index contributed by atoms with van der Waals surface area (Å²) in [5.41, 5.74) is 0.875. The number of nitrogens with one attached hydrogen (secondary N) is 1. The van der Waals surface area contributed by atoms with E-state index in [1.807, 2.05) is 31.2 Å². The first kappa shape index (κ1) is 27.4. The molecule has 11 heteroatoms. The van der Waals surface area contributed by atoms with E-state index in [4.69, 9.17) is 23.2 Å². The van der Waals surface area contributed by atoms with Crippen molar-refractivity contribution in [3.8, 4) is 0 Å². The fraction of sp³-hybridized carbons (Fsp3) is 0.364. The average molecular weight is 579 g/mol. The zero-order valence-corrected chi connectivity index (χ0v) is 22.4. The molecule has 7 nitrogen and oxygen atoms in total. The van der Waals surface area contributed by atoms with Crippen LogP contribution in [0, 0.1) is 0 Å². The standard InChI is InChI=1S/C22H26BrCl2N3O4S/c1-4-12-26-22(30)15(2)27(13-16-8-10-17(23)11-9-16)20(29)14-28(33(3,31)32)19-7-5-6-18(24)21(19)25/h5-11,15H,4,12-14H2,1-3H3,(H,26,30). The number of anilines is 1. The van der Waals surface area contributed by atoms with Gasteiger partial charge in [0.15, 0.2) is 0 Å². The Morgan fingerprint density at radius 1 is 1.12 bits per heavy atom. The van der Waals surface area contributed by atoms with Crippen LogP contribution in [-0.4, -0.2) is 50.5 Å². The van der Waals surface area contributed by atoms with Crippen LogP contribution in [0.5, 0.6) is 0 Å². The Morgan fingerprint density at radius 3 is 2.33 bits per heavy atom. The Kier molecular flexibility index (Phi) is 10.0. The van der Waals surface area contributed by atoms with Crippen LogP contribution in [0.2, 0.25) is 10.0 Å². The van der Waals surface area contributed by atoms with Crippen molar-refractivity contribution >= 4 is 66.7 Å². The number of hydrogen-bond donors (Lipinski definition) is 1. The van der Waals surface area contributed by atoms with Crippen molar-refractivity contribution in [2.75, 3.05) is 23.7 Å². The van der Waals surface area contributed by atoms with Gasteiger partial charge in [0, 0.05) is 17.6 Å². The van der Waals surface area contributed by atoms with Gasteiger partial charge in [0.25, 0.3) is 0 Å². The molecule has 0 aromatic heterocycles. The minimum Gasteiger partial charge on any atom is -0.354 e. The van der Waals surface area contributed by atoms with Gasteiger partial charge in [-0.3, -0.25) is 13.9 Å². The molecule has 0 spiro atoms. The summed E-state index contributed by atoms with van der Waals surface area (Å²) < 4.78 is 26.9. The monoisotopic (exact) mass is 577 g/mol. The molecule has 33 heavy (non-hydrogen) atoms. The van der Waals surface area contributed by atoms with Crippen LogP contribution in [0.4, 0.5) is 5.69 Å². The molecule has 0 aliphatic heterocycles. The van der Waals surface area contributed by atoms with Crippen molar-refractivity contribution < 1.29 is 18.0 Å². The van der Waals surface area contributed by atoms with Crippen LogP contribution in [0.15, 0.2) is 46.9 Å². The molecule has 0 radical (unpaired) electrons. The van der Waals surface area contributed by atoms with Gasteiger partial charge in [-0.2, -0.15) is 0 Å². The minimum atomic E-state index is -3.89. The highest BCUT2D eigenvalue weighted by Crippen LogP contribution is 2.33. The van der Waals surface area contributed by atoms with Crippen LogP contribution in [-0.2, 0) is 26.2 Å². The first-order valence-electron chi connectivity index (χ1n) is 10.2. The molecule has 0 heterocycles. The molecule has 0 fully saturated rings. The average Bonchev–Trinajstić information content (AvgIpc) is 2.76. The van der Waals surface area contributed by atoms with E-state index >= 15 is 0 Å². The Morgan fingerprint density at radius 2 is 1.76 bits per heavy atom. The summed E-state index contributed by atoms with van der Waals surface area (Å²) in [7, 11) is -3.89. The zero-order valence-electron chi connectivity index (χ0n) is 18.5. The van der Waals surface area contributed by atoms with Crippen LogP contribution in [0.25, 0.3) is 0 Å². The van der Waals surface area contributed by atoms with Crippen LogP contribution in [0.1, 0.15) is 25.8 Å². The fourth-order valence-corrected chi connectivity index (χ4v) is 4.61. The van der Waals surface area contributed by atoms with Crippen molar-refractivity contribution in [1.82, 2.24) is 10.2 Å². The summed E-state index contributed by atoms with van der Waals surface area (Å²) >= 11 is 15.7. The van der Waals surface area contributed by atoms with E-state index in [1.54, 1.807) is 13.0 Å². The van der Waals surface area contributed by atoms with E-state index < -0.39 is 28.5 Å². The molecule has 2 rings (SSSR count). The first-order chi connectivity index (χ1) is 15.5. The lowest BCUT2D eigenvalue weighted by Gasteiger charge is -2.31. The van der Waals surface area contributed by atoms with Gasteiger partial charge in [0.1, 0.15) is 12.6 Å². The molecule has 0 aliphatic rings. The summed E-state index contributed by atoms with van der Waals surface area (Å²) in [6, 6.07) is 11.0. The number of carbonyl (C=O) groups excluding carboxylic acids is 2. The maximum absolute atomic E-state index is 13.4. The second-order valence-corrected chi connectivity index (χ2v) is 11.1. The Balaban J connectivity index is 2.40. The summed E-state index contributed by atoms with van der Waals surface area (Å²) in [6.45, 7) is 3.58. The van der Waals surface area contributed by atoms with Crippen LogP contribution < -0.4 is 9.62 Å². The first-order valence-corrected chi connectivity index (χ1v) is 13.6. The van der Waals surface area contributed by atoms with Crippen molar-refractivity contribution in [3.63, 3.8) is 0 Å². The van der Waals surface area contributed by atoms with E-state index in [0.717, 1.165) is 27.0 Å². The Labute approximate surface area is 213 Å². The number of sulfonamides is 1. The largest absolute Gasteiger partial charge is 0.354 e. The van der Waals surface area contributed by atoms with Crippen LogP contribution in [0.3, 0.4) is 0 Å². The highest BCUT2D eigenvalue weighted by atomic mass is 79.9. The van der Waals surface area contributed by atoms with E-state index in [1.165, 1.54) is 17.0 Å². The van der Waals surface area contributed by atoms with E-state index in [2.05, 4.69) is 21.2 Å². The molecule has 1 atom stereocenters. The lowest BCUT2D eigenvalue weighted by Crippen LogP contribution is -2.51. The molecular weight excluding hydrogens is 553 g/mol. The van der Waals surface area contributed by atoms with Crippen molar-refractivity contribution in [2.24, 2.45) is 0 Å². The molecule has 1 N–H and O–H groups in total. The lowest BCUT2D eigenvalue weighted by atomic mass is 10.1. The SMILES string of the molecule is CCCNC(=O)C(C)N(Cc1ccc(Br)cc1)C(=O)CN(c1cccc(Cl)c1Cl)S(C)(=O)=O.